The quantitative estimate of drug-likeness (QED) is 0.602. The number of rotatable bonds is 8. The van der Waals surface area contributed by atoms with E-state index in [1.807, 2.05) is 0 Å². The third-order valence-electron chi connectivity index (χ3n) is 4.24. The van der Waals surface area contributed by atoms with Crippen LogP contribution in [0.3, 0.4) is 0 Å². The van der Waals surface area contributed by atoms with Crippen molar-refractivity contribution in [3.05, 3.63) is 60.7 Å². The highest BCUT2D eigenvalue weighted by molar-refractivity contribution is 7.91. The molecule has 164 valence electrons. The average molecular weight is 445 g/mol. The van der Waals surface area contributed by atoms with Crippen LogP contribution in [0.2, 0.25) is 0 Å². The molecule has 0 aliphatic carbocycles. The first-order chi connectivity index (χ1) is 14.5. The van der Waals surface area contributed by atoms with Crippen molar-refractivity contribution in [1.29, 1.82) is 0 Å². The van der Waals surface area contributed by atoms with Gasteiger partial charge in [-0.1, -0.05) is 13.2 Å². The number of carbonyl (C=O) groups excluding carboxylic acids is 2. The molecule has 0 saturated heterocycles. The van der Waals surface area contributed by atoms with E-state index in [9.17, 15) is 18.0 Å². The number of nitrogens with one attached hydrogen (secondary N) is 2. The van der Waals surface area contributed by atoms with Crippen molar-refractivity contribution < 1.29 is 27.5 Å². The molecule has 0 heterocycles. The first-order valence-corrected chi connectivity index (χ1v) is 10.5. The van der Waals surface area contributed by atoms with E-state index in [1.54, 1.807) is 13.8 Å². The van der Waals surface area contributed by atoms with Crippen LogP contribution in [0.4, 0.5) is 11.4 Å². The first-order valence-electron chi connectivity index (χ1n) is 9.06. The zero-order valence-electron chi connectivity index (χ0n) is 17.7. The Kier molecular flexibility index (Phi) is 7.24. The number of ether oxygens (including phenoxy) is 2. The van der Waals surface area contributed by atoms with Crippen LogP contribution >= 0.6 is 0 Å². The van der Waals surface area contributed by atoms with Crippen molar-refractivity contribution in [3.8, 4) is 11.5 Å². The maximum absolute atomic E-state index is 13.1. The van der Waals surface area contributed by atoms with E-state index >= 15 is 0 Å². The second-order valence-corrected chi connectivity index (χ2v) is 8.65. The van der Waals surface area contributed by atoms with Crippen LogP contribution in [0.1, 0.15) is 13.8 Å². The summed E-state index contributed by atoms with van der Waals surface area (Å²) < 4.78 is 36.8. The number of amides is 2. The molecule has 0 radical (unpaired) electrons. The molecule has 2 aromatic rings. The van der Waals surface area contributed by atoms with Gasteiger partial charge in [0.1, 0.15) is 11.5 Å². The number of carbonyl (C=O) groups is 2. The van der Waals surface area contributed by atoms with Gasteiger partial charge in [0.15, 0.2) is 0 Å². The molecule has 0 spiro atoms. The summed E-state index contributed by atoms with van der Waals surface area (Å²) in [7, 11) is -1.22. The van der Waals surface area contributed by atoms with E-state index in [4.69, 9.17) is 9.47 Å². The molecule has 0 aliphatic rings. The minimum Gasteiger partial charge on any atom is -0.495 e. The van der Waals surface area contributed by atoms with Gasteiger partial charge < -0.3 is 20.1 Å². The lowest BCUT2D eigenvalue weighted by Gasteiger charge is -2.14. The number of sulfone groups is 1. The SMILES string of the molecule is C=C(C)C(=O)Nc1ccc(S(=O)(=O)c2ccc(NC(=O)C(=C)C)c(OC)c2)cc1OC. The van der Waals surface area contributed by atoms with E-state index in [1.165, 1.54) is 50.6 Å². The summed E-state index contributed by atoms with van der Waals surface area (Å²) in [6.07, 6.45) is 0. The van der Waals surface area contributed by atoms with Gasteiger partial charge in [-0.2, -0.15) is 0 Å². The summed E-state index contributed by atoms with van der Waals surface area (Å²) in [6.45, 7) is 10.2. The molecule has 0 saturated carbocycles. The predicted molar refractivity (Wildman–Crippen MR) is 118 cm³/mol. The Morgan fingerprint density at radius 1 is 0.774 bits per heavy atom. The van der Waals surface area contributed by atoms with Crippen molar-refractivity contribution in [1.82, 2.24) is 0 Å². The Balaban J connectivity index is 2.44. The summed E-state index contributed by atoms with van der Waals surface area (Å²) in [6, 6.07) is 8.21. The maximum Gasteiger partial charge on any atom is 0.250 e. The standard InChI is InChI=1S/C22H24N2O6S/c1-13(2)21(25)23-17-9-7-15(11-19(17)29-5)31(27,28)16-8-10-18(20(12-16)30-6)24-22(26)14(3)4/h7-12H,1,3H2,2,4-6H3,(H,23,25)(H,24,26). The summed E-state index contributed by atoms with van der Waals surface area (Å²) in [5.74, 6) is -0.474. The normalized spacial score (nSPS) is 10.7. The third kappa shape index (κ3) is 5.32. The number of benzene rings is 2. The van der Waals surface area contributed by atoms with Crippen LogP contribution in [0.5, 0.6) is 11.5 Å². The highest BCUT2D eigenvalue weighted by atomic mass is 32.2. The van der Waals surface area contributed by atoms with E-state index in [0.29, 0.717) is 22.5 Å². The maximum atomic E-state index is 13.1. The number of methoxy groups -OCH3 is 2. The largest absolute Gasteiger partial charge is 0.495 e. The molecule has 2 rings (SSSR count). The van der Waals surface area contributed by atoms with Gasteiger partial charge in [0.2, 0.25) is 9.84 Å². The molecule has 8 nitrogen and oxygen atoms in total. The smallest absolute Gasteiger partial charge is 0.250 e. The Bertz CT molecular complexity index is 1080. The molecular formula is C22H24N2O6S. The van der Waals surface area contributed by atoms with E-state index in [-0.39, 0.29) is 21.3 Å². The molecule has 0 unspecified atom stereocenters. The Hall–Kier alpha value is -3.59. The van der Waals surface area contributed by atoms with Crippen molar-refractivity contribution in [2.45, 2.75) is 23.6 Å². The van der Waals surface area contributed by atoms with Gasteiger partial charge in [-0.05, 0) is 38.1 Å². The van der Waals surface area contributed by atoms with Crippen LogP contribution in [0.15, 0.2) is 70.5 Å². The number of anilines is 2. The van der Waals surface area contributed by atoms with E-state index < -0.39 is 21.7 Å². The molecule has 2 amide bonds. The number of hydrogen-bond acceptors (Lipinski definition) is 6. The zero-order valence-corrected chi connectivity index (χ0v) is 18.6. The topological polar surface area (TPSA) is 111 Å². The monoisotopic (exact) mass is 444 g/mol. The lowest BCUT2D eigenvalue weighted by Crippen LogP contribution is -2.13. The number of hydrogen-bond donors (Lipinski definition) is 2. The van der Waals surface area contributed by atoms with Crippen LogP contribution in [0.25, 0.3) is 0 Å². The van der Waals surface area contributed by atoms with Gasteiger partial charge in [0.05, 0.1) is 35.4 Å². The molecule has 0 aliphatic heterocycles. The predicted octanol–water partition coefficient (Wildman–Crippen LogP) is 3.57. The van der Waals surface area contributed by atoms with Crippen LogP contribution in [0, 0.1) is 0 Å². The van der Waals surface area contributed by atoms with Gasteiger partial charge in [0, 0.05) is 23.3 Å². The highest BCUT2D eigenvalue weighted by Crippen LogP contribution is 2.34. The van der Waals surface area contributed by atoms with Crippen LogP contribution < -0.4 is 20.1 Å². The fourth-order valence-corrected chi connectivity index (χ4v) is 3.77. The second-order valence-electron chi connectivity index (χ2n) is 6.70. The second kappa shape index (κ2) is 9.48. The Morgan fingerprint density at radius 2 is 1.13 bits per heavy atom. The van der Waals surface area contributed by atoms with Gasteiger partial charge in [-0.25, -0.2) is 8.42 Å². The molecule has 0 bridgehead atoms. The third-order valence-corrected chi connectivity index (χ3v) is 5.99. The molecule has 0 aromatic heterocycles. The lowest BCUT2D eigenvalue weighted by molar-refractivity contribution is -0.113. The van der Waals surface area contributed by atoms with Crippen LogP contribution in [-0.4, -0.2) is 34.5 Å². The van der Waals surface area contributed by atoms with Gasteiger partial charge in [0.25, 0.3) is 11.8 Å². The van der Waals surface area contributed by atoms with Crippen molar-refractivity contribution in [2.24, 2.45) is 0 Å². The first kappa shape index (κ1) is 23.7. The molecular weight excluding hydrogens is 420 g/mol. The summed E-state index contributed by atoms with van der Waals surface area (Å²) in [5, 5.41) is 5.21. The van der Waals surface area contributed by atoms with Gasteiger partial charge in [-0.15, -0.1) is 0 Å². The molecule has 0 fully saturated rings. The van der Waals surface area contributed by atoms with Crippen molar-refractivity contribution >= 4 is 33.0 Å². The minimum absolute atomic E-state index is 0.0431. The molecule has 0 atom stereocenters. The van der Waals surface area contributed by atoms with Gasteiger partial charge in [-0.3, -0.25) is 9.59 Å². The molecule has 31 heavy (non-hydrogen) atoms. The fourth-order valence-electron chi connectivity index (χ4n) is 2.48. The Labute approximate surface area is 181 Å². The Morgan fingerprint density at radius 3 is 1.42 bits per heavy atom. The average Bonchev–Trinajstić information content (AvgIpc) is 2.73. The minimum atomic E-state index is -3.95. The van der Waals surface area contributed by atoms with Crippen LogP contribution in [-0.2, 0) is 19.4 Å². The fraction of sp³-hybridized carbons (Fsp3) is 0.182. The van der Waals surface area contributed by atoms with Gasteiger partial charge >= 0.3 is 0 Å². The van der Waals surface area contributed by atoms with Crippen molar-refractivity contribution in [3.63, 3.8) is 0 Å². The van der Waals surface area contributed by atoms with Crippen molar-refractivity contribution in [2.75, 3.05) is 24.9 Å². The zero-order chi connectivity index (χ0) is 23.3. The van der Waals surface area contributed by atoms with E-state index in [2.05, 4.69) is 23.8 Å². The molecule has 2 N–H and O–H groups in total. The highest BCUT2D eigenvalue weighted by Gasteiger charge is 2.22. The molecule has 9 heteroatoms. The summed E-state index contributed by atoms with van der Waals surface area (Å²) in [4.78, 5) is 23.7. The summed E-state index contributed by atoms with van der Waals surface area (Å²) >= 11 is 0. The van der Waals surface area contributed by atoms with E-state index in [0.717, 1.165) is 0 Å². The summed E-state index contributed by atoms with van der Waals surface area (Å²) in [5.41, 5.74) is 1.21. The molecule has 2 aromatic carbocycles. The lowest BCUT2D eigenvalue weighted by atomic mass is 10.2.